The van der Waals surface area contributed by atoms with Crippen molar-refractivity contribution in [3.63, 3.8) is 0 Å². The van der Waals surface area contributed by atoms with E-state index in [1.807, 2.05) is 12.2 Å². The molecule has 0 heterocycles. The van der Waals surface area contributed by atoms with Crippen LogP contribution in [0, 0.1) is 5.92 Å². The first kappa shape index (κ1) is 14.8. The minimum Gasteiger partial charge on any atom is -0.461 e. The van der Waals surface area contributed by atoms with E-state index in [-0.39, 0.29) is 5.97 Å². The minimum absolute atomic E-state index is 0.0725. The molecule has 2 rings (SSSR count). The van der Waals surface area contributed by atoms with Crippen LogP contribution in [0.1, 0.15) is 56.6 Å². The van der Waals surface area contributed by atoms with Gasteiger partial charge in [-0.1, -0.05) is 57.0 Å². The maximum Gasteiger partial charge on any atom is 0.306 e. The maximum atomic E-state index is 11.5. The van der Waals surface area contributed by atoms with Crippen LogP contribution in [-0.4, -0.2) is 12.6 Å². The van der Waals surface area contributed by atoms with Gasteiger partial charge in [0.25, 0.3) is 0 Å². The van der Waals surface area contributed by atoms with E-state index in [2.05, 4.69) is 38.1 Å². The monoisotopic (exact) mass is 272 g/mol. The van der Waals surface area contributed by atoms with E-state index in [4.69, 9.17) is 4.74 Å². The first-order valence-electron chi connectivity index (χ1n) is 7.57. The van der Waals surface area contributed by atoms with E-state index in [0.717, 1.165) is 17.9 Å². The Morgan fingerprint density at radius 1 is 1.30 bits per heavy atom. The number of hydrogen-bond acceptors (Lipinski definition) is 2. The summed E-state index contributed by atoms with van der Waals surface area (Å²) in [4.78, 5) is 11.5. The average molecular weight is 272 g/mol. The highest BCUT2D eigenvalue weighted by Crippen LogP contribution is 2.33. The van der Waals surface area contributed by atoms with Gasteiger partial charge in [0, 0.05) is 6.42 Å². The van der Waals surface area contributed by atoms with Crippen molar-refractivity contribution >= 4 is 12.0 Å². The number of esters is 1. The van der Waals surface area contributed by atoms with E-state index in [9.17, 15) is 4.79 Å². The lowest BCUT2D eigenvalue weighted by molar-refractivity contribution is -0.142. The molecule has 1 aliphatic carbocycles. The van der Waals surface area contributed by atoms with E-state index in [1.165, 1.54) is 18.4 Å². The smallest absolute Gasteiger partial charge is 0.306 e. The molecule has 0 bridgehead atoms. The van der Waals surface area contributed by atoms with E-state index < -0.39 is 0 Å². The van der Waals surface area contributed by atoms with Gasteiger partial charge in [-0.05, 0) is 35.5 Å². The fourth-order valence-corrected chi connectivity index (χ4v) is 2.12. The van der Waals surface area contributed by atoms with Gasteiger partial charge in [0.2, 0.25) is 0 Å². The van der Waals surface area contributed by atoms with Crippen LogP contribution in [0.3, 0.4) is 0 Å². The number of hydrogen-bond donors (Lipinski definition) is 0. The van der Waals surface area contributed by atoms with Crippen LogP contribution in [-0.2, 0) is 9.53 Å². The molecule has 0 aromatic heterocycles. The predicted octanol–water partition coefficient (Wildman–Crippen LogP) is 4.56. The van der Waals surface area contributed by atoms with Crippen LogP contribution >= 0.6 is 0 Å². The molecule has 0 aliphatic heterocycles. The average Bonchev–Trinajstić information content (AvgIpc) is 3.26. The molecular formula is C18H24O2. The van der Waals surface area contributed by atoms with Gasteiger partial charge in [0.1, 0.15) is 6.61 Å². The highest BCUT2D eigenvalue weighted by Gasteiger charge is 2.21. The fourth-order valence-electron chi connectivity index (χ4n) is 2.12. The quantitative estimate of drug-likeness (QED) is 0.680. The second kappa shape index (κ2) is 7.28. The summed E-state index contributed by atoms with van der Waals surface area (Å²) in [7, 11) is 0. The summed E-state index contributed by atoms with van der Waals surface area (Å²) in [5.74, 6) is 1.27. The molecule has 0 spiro atoms. The maximum absolute atomic E-state index is 11.5. The Balaban J connectivity index is 1.68. The Morgan fingerprint density at radius 3 is 2.60 bits per heavy atom. The molecule has 0 unspecified atom stereocenters. The summed E-state index contributed by atoms with van der Waals surface area (Å²) < 4.78 is 5.18. The van der Waals surface area contributed by atoms with Crippen molar-refractivity contribution in [1.82, 2.24) is 0 Å². The van der Waals surface area contributed by atoms with Gasteiger partial charge in [-0.15, -0.1) is 0 Å². The summed E-state index contributed by atoms with van der Waals surface area (Å²) in [5.41, 5.74) is 2.48. The summed E-state index contributed by atoms with van der Waals surface area (Å²) in [6, 6.07) is 8.49. The summed E-state index contributed by atoms with van der Waals surface area (Å²) in [5, 5.41) is 0. The van der Waals surface area contributed by atoms with Gasteiger partial charge in [0.05, 0.1) is 0 Å². The molecule has 0 saturated heterocycles. The number of rotatable bonds is 7. The Bertz CT molecular complexity index is 453. The molecule has 20 heavy (non-hydrogen) atoms. The van der Waals surface area contributed by atoms with Gasteiger partial charge in [-0.25, -0.2) is 0 Å². The predicted molar refractivity (Wildman–Crippen MR) is 82.5 cm³/mol. The van der Waals surface area contributed by atoms with E-state index in [1.54, 1.807) is 0 Å². The molecular weight excluding hydrogens is 248 g/mol. The van der Waals surface area contributed by atoms with Crippen LogP contribution in [0.4, 0.5) is 0 Å². The van der Waals surface area contributed by atoms with Gasteiger partial charge in [0.15, 0.2) is 0 Å². The number of benzene rings is 1. The Kier molecular flexibility index (Phi) is 5.40. The molecule has 1 aromatic rings. The fraction of sp³-hybridized carbons (Fsp3) is 0.500. The molecule has 0 atom stereocenters. The van der Waals surface area contributed by atoms with E-state index >= 15 is 0 Å². The van der Waals surface area contributed by atoms with Gasteiger partial charge >= 0.3 is 5.97 Å². The second-order valence-corrected chi connectivity index (χ2v) is 5.89. The lowest BCUT2D eigenvalue weighted by Crippen LogP contribution is -2.04. The van der Waals surface area contributed by atoms with Crippen LogP contribution in [0.25, 0.3) is 6.08 Å². The Labute approximate surface area is 121 Å². The molecule has 1 aliphatic rings. The Morgan fingerprint density at radius 2 is 2.00 bits per heavy atom. The molecule has 0 amide bonds. The number of carbonyl (C=O) groups excluding carboxylic acids is 1. The van der Waals surface area contributed by atoms with Crippen LogP contribution in [0.15, 0.2) is 30.3 Å². The van der Waals surface area contributed by atoms with Gasteiger partial charge < -0.3 is 4.74 Å². The SMILES string of the molecule is CC(C)c1ccc(C=CCOC(=O)CCC2CC2)cc1. The molecule has 0 radical (unpaired) electrons. The molecule has 0 N–H and O–H groups in total. The molecule has 1 aromatic carbocycles. The Hall–Kier alpha value is -1.57. The highest BCUT2D eigenvalue weighted by atomic mass is 16.5. The zero-order chi connectivity index (χ0) is 14.4. The normalized spacial score (nSPS) is 14.9. The van der Waals surface area contributed by atoms with Crippen molar-refractivity contribution in [2.75, 3.05) is 6.61 Å². The van der Waals surface area contributed by atoms with Crippen molar-refractivity contribution in [2.24, 2.45) is 5.92 Å². The third-order valence-corrected chi connectivity index (χ3v) is 3.71. The van der Waals surface area contributed by atoms with E-state index in [0.29, 0.717) is 18.9 Å². The summed E-state index contributed by atoms with van der Waals surface area (Å²) in [6.07, 6.45) is 8.05. The summed E-state index contributed by atoms with van der Waals surface area (Å²) in [6.45, 7) is 4.74. The first-order chi connectivity index (χ1) is 9.65. The largest absolute Gasteiger partial charge is 0.461 e. The van der Waals surface area contributed by atoms with Gasteiger partial charge in [-0.3, -0.25) is 4.79 Å². The van der Waals surface area contributed by atoms with Crippen LogP contribution in [0.5, 0.6) is 0 Å². The van der Waals surface area contributed by atoms with Crippen LogP contribution in [0.2, 0.25) is 0 Å². The van der Waals surface area contributed by atoms with Crippen molar-refractivity contribution in [1.29, 1.82) is 0 Å². The van der Waals surface area contributed by atoms with Crippen molar-refractivity contribution < 1.29 is 9.53 Å². The molecule has 2 heteroatoms. The first-order valence-corrected chi connectivity index (χ1v) is 7.57. The zero-order valence-electron chi connectivity index (χ0n) is 12.5. The van der Waals surface area contributed by atoms with Crippen LogP contribution < -0.4 is 0 Å². The van der Waals surface area contributed by atoms with Crippen molar-refractivity contribution in [3.05, 3.63) is 41.5 Å². The summed E-state index contributed by atoms with van der Waals surface area (Å²) >= 11 is 0. The standard InChI is InChI=1S/C18H24O2/c1-14(2)17-10-7-15(8-11-17)4-3-13-20-18(19)12-9-16-5-6-16/h3-4,7-8,10-11,14,16H,5-6,9,12-13H2,1-2H3. The second-order valence-electron chi connectivity index (χ2n) is 5.89. The van der Waals surface area contributed by atoms with Crippen molar-refractivity contribution in [2.45, 2.75) is 45.4 Å². The zero-order valence-corrected chi connectivity index (χ0v) is 12.5. The topological polar surface area (TPSA) is 26.3 Å². The molecule has 1 fully saturated rings. The third kappa shape index (κ3) is 5.20. The molecule has 1 saturated carbocycles. The molecule has 108 valence electrons. The molecule has 2 nitrogen and oxygen atoms in total. The third-order valence-electron chi connectivity index (χ3n) is 3.71. The lowest BCUT2D eigenvalue weighted by atomic mass is 10.0. The minimum atomic E-state index is -0.0725. The van der Waals surface area contributed by atoms with Gasteiger partial charge in [-0.2, -0.15) is 0 Å². The lowest BCUT2D eigenvalue weighted by Gasteiger charge is -2.04. The number of carbonyl (C=O) groups is 1. The van der Waals surface area contributed by atoms with Crippen molar-refractivity contribution in [3.8, 4) is 0 Å². The highest BCUT2D eigenvalue weighted by molar-refractivity contribution is 5.69. The number of ether oxygens (including phenoxy) is 1.